The molecule has 7 heteroatoms. The quantitative estimate of drug-likeness (QED) is 0.851. The van der Waals surface area contributed by atoms with Gasteiger partial charge in [-0.05, 0) is 19.1 Å². The van der Waals surface area contributed by atoms with Crippen LogP contribution in [-0.2, 0) is 4.74 Å². The molecule has 116 valence electrons. The molecule has 22 heavy (non-hydrogen) atoms. The summed E-state index contributed by atoms with van der Waals surface area (Å²) in [6, 6.07) is 3.24. The third-order valence-electron chi connectivity index (χ3n) is 3.71. The van der Waals surface area contributed by atoms with Gasteiger partial charge in [-0.3, -0.25) is 14.6 Å². The fraction of sp³-hybridized carbons (Fsp3) is 0.400. The summed E-state index contributed by atoms with van der Waals surface area (Å²) in [5.41, 5.74) is 0.439. The number of nitrogens with one attached hydrogen (secondary N) is 1. The number of rotatable bonds is 3. The van der Waals surface area contributed by atoms with Crippen LogP contribution in [0.5, 0.6) is 5.75 Å². The summed E-state index contributed by atoms with van der Waals surface area (Å²) >= 11 is 0. The number of Topliss-reactive ketones (excluding diaryl/α,β-unsaturated/α-hetero) is 1. The van der Waals surface area contributed by atoms with Crippen molar-refractivity contribution in [2.75, 3.05) is 38.3 Å². The summed E-state index contributed by atoms with van der Waals surface area (Å²) in [7, 11) is 1.49. The van der Waals surface area contributed by atoms with Gasteiger partial charge in [0.1, 0.15) is 5.75 Å². The van der Waals surface area contributed by atoms with Crippen LogP contribution in [-0.4, -0.2) is 49.2 Å². The molecule has 0 amide bonds. The molecule has 1 fully saturated rings. The first-order valence-corrected chi connectivity index (χ1v) is 7.06. The van der Waals surface area contributed by atoms with Crippen LogP contribution in [0.4, 0.5) is 5.95 Å². The Morgan fingerprint density at radius 1 is 1.36 bits per heavy atom. The molecule has 0 saturated carbocycles. The molecule has 1 aromatic heterocycles. The number of ether oxygens (including phenoxy) is 2. The monoisotopic (exact) mass is 303 g/mol. The number of morpholine rings is 1. The molecule has 1 N–H and O–H groups in total. The third-order valence-corrected chi connectivity index (χ3v) is 3.71. The van der Waals surface area contributed by atoms with Crippen LogP contribution >= 0.6 is 0 Å². The van der Waals surface area contributed by atoms with Crippen molar-refractivity contribution in [3.8, 4) is 5.75 Å². The number of hydrogen-bond acceptors (Lipinski definition) is 6. The second kappa shape index (κ2) is 5.76. The third kappa shape index (κ3) is 2.43. The Hall–Kier alpha value is -2.41. The van der Waals surface area contributed by atoms with Gasteiger partial charge in [-0.15, -0.1) is 0 Å². The second-order valence-corrected chi connectivity index (χ2v) is 5.08. The van der Waals surface area contributed by atoms with Gasteiger partial charge in [0, 0.05) is 13.1 Å². The zero-order valence-electron chi connectivity index (χ0n) is 12.5. The molecule has 0 bridgehead atoms. The van der Waals surface area contributed by atoms with E-state index < -0.39 is 0 Å². The molecule has 2 aromatic rings. The number of H-pyrrole nitrogens is 1. The first kappa shape index (κ1) is 14.5. The molecule has 1 saturated heterocycles. The van der Waals surface area contributed by atoms with Gasteiger partial charge in [-0.2, -0.15) is 0 Å². The minimum atomic E-state index is -0.267. The summed E-state index contributed by atoms with van der Waals surface area (Å²) in [5.74, 6) is 0.691. The number of fused-ring (bicyclic) bond motifs is 1. The van der Waals surface area contributed by atoms with Gasteiger partial charge in [-0.25, -0.2) is 4.98 Å². The van der Waals surface area contributed by atoms with Crippen LogP contribution in [0.3, 0.4) is 0 Å². The van der Waals surface area contributed by atoms with Crippen molar-refractivity contribution in [2.45, 2.75) is 6.92 Å². The zero-order chi connectivity index (χ0) is 15.7. The molecule has 1 aliphatic heterocycles. The Morgan fingerprint density at radius 3 is 2.73 bits per heavy atom. The SMILES string of the molecule is COc1ccc2c(=O)[nH]c(N3CCOCC3)nc2c1C(C)=O. The van der Waals surface area contributed by atoms with Crippen LogP contribution in [0.1, 0.15) is 17.3 Å². The van der Waals surface area contributed by atoms with E-state index in [2.05, 4.69) is 9.97 Å². The standard InChI is InChI=1S/C15H17N3O4/c1-9(19)12-11(21-2)4-3-10-13(12)16-15(17-14(10)20)18-5-7-22-8-6-18/h3-4H,5-8H2,1-2H3,(H,16,17,20). The highest BCUT2D eigenvalue weighted by atomic mass is 16.5. The molecular weight excluding hydrogens is 286 g/mol. The van der Waals surface area contributed by atoms with E-state index in [4.69, 9.17) is 9.47 Å². The van der Waals surface area contributed by atoms with E-state index in [-0.39, 0.29) is 11.3 Å². The normalized spacial score (nSPS) is 15.1. The maximum atomic E-state index is 12.3. The van der Waals surface area contributed by atoms with Crippen molar-refractivity contribution in [1.82, 2.24) is 9.97 Å². The lowest BCUT2D eigenvalue weighted by atomic mass is 10.1. The predicted molar refractivity (Wildman–Crippen MR) is 82.0 cm³/mol. The number of ketones is 1. The highest BCUT2D eigenvalue weighted by Gasteiger charge is 2.19. The molecule has 1 aliphatic rings. The maximum Gasteiger partial charge on any atom is 0.260 e. The topological polar surface area (TPSA) is 84.5 Å². The number of methoxy groups -OCH3 is 1. The van der Waals surface area contributed by atoms with E-state index in [0.29, 0.717) is 54.5 Å². The summed E-state index contributed by atoms with van der Waals surface area (Å²) in [4.78, 5) is 33.5. The Bertz CT molecular complexity index is 778. The van der Waals surface area contributed by atoms with Gasteiger partial charge >= 0.3 is 0 Å². The molecule has 0 radical (unpaired) electrons. The summed E-state index contributed by atoms with van der Waals surface area (Å²) < 4.78 is 10.5. The molecule has 0 spiro atoms. The number of anilines is 1. The largest absolute Gasteiger partial charge is 0.496 e. The number of carbonyl (C=O) groups is 1. The van der Waals surface area contributed by atoms with Crippen molar-refractivity contribution in [3.63, 3.8) is 0 Å². The number of aromatic nitrogens is 2. The van der Waals surface area contributed by atoms with Gasteiger partial charge in [0.05, 0.1) is 36.8 Å². The van der Waals surface area contributed by atoms with Gasteiger partial charge < -0.3 is 14.4 Å². The minimum absolute atomic E-state index is 0.187. The number of aromatic amines is 1. The van der Waals surface area contributed by atoms with E-state index >= 15 is 0 Å². The molecule has 0 atom stereocenters. The Morgan fingerprint density at radius 2 is 2.09 bits per heavy atom. The van der Waals surface area contributed by atoms with Gasteiger partial charge in [0.2, 0.25) is 5.95 Å². The Balaban J connectivity index is 2.24. The summed E-state index contributed by atoms with van der Waals surface area (Å²) in [5, 5.41) is 0.378. The summed E-state index contributed by atoms with van der Waals surface area (Å²) in [6.07, 6.45) is 0. The van der Waals surface area contributed by atoms with Gasteiger partial charge in [-0.1, -0.05) is 0 Å². The zero-order valence-corrected chi connectivity index (χ0v) is 12.5. The van der Waals surface area contributed by atoms with Gasteiger partial charge in [0.25, 0.3) is 5.56 Å². The molecule has 1 aromatic carbocycles. The average molecular weight is 303 g/mol. The summed E-state index contributed by atoms with van der Waals surface area (Å²) in [6.45, 7) is 3.90. The van der Waals surface area contributed by atoms with Crippen LogP contribution in [0.15, 0.2) is 16.9 Å². The average Bonchev–Trinajstić information content (AvgIpc) is 2.54. The fourth-order valence-electron chi connectivity index (χ4n) is 2.61. The number of nitrogens with zero attached hydrogens (tertiary/aromatic N) is 2. The first-order valence-electron chi connectivity index (χ1n) is 7.06. The van der Waals surface area contributed by atoms with Crippen LogP contribution in [0, 0.1) is 0 Å². The van der Waals surface area contributed by atoms with Crippen molar-refractivity contribution in [1.29, 1.82) is 0 Å². The molecule has 0 unspecified atom stereocenters. The van der Waals surface area contributed by atoms with Crippen LogP contribution in [0.25, 0.3) is 10.9 Å². The first-order chi connectivity index (χ1) is 10.6. The molecule has 7 nitrogen and oxygen atoms in total. The van der Waals surface area contributed by atoms with Gasteiger partial charge in [0.15, 0.2) is 5.78 Å². The van der Waals surface area contributed by atoms with Crippen molar-refractivity contribution in [3.05, 3.63) is 28.0 Å². The van der Waals surface area contributed by atoms with Crippen LogP contribution in [0.2, 0.25) is 0 Å². The van der Waals surface area contributed by atoms with E-state index in [0.717, 1.165) is 0 Å². The molecular formula is C15H17N3O4. The Kier molecular flexibility index (Phi) is 3.81. The number of carbonyl (C=O) groups excluding carboxylic acids is 1. The lowest BCUT2D eigenvalue weighted by molar-refractivity contribution is 0.101. The van der Waals surface area contributed by atoms with Crippen molar-refractivity contribution in [2.24, 2.45) is 0 Å². The van der Waals surface area contributed by atoms with Crippen molar-refractivity contribution >= 4 is 22.6 Å². The van der Waals surface area contributed by atoms with E-state index in [1.165, 1.54) is 14.0 Å². The smallest absolute Gasteiger partial charge is 0.260 e. The van der Waals surface area contributed by atoms with Crippen molar-refractivity contribution < 1.29 is 14.3 Å². The predicted octanol–water partition coefficient (Wildman–Crippen LogP) is 0.971. The second-order valence-electron chi connectivity index (χ2n) is 5.08. The minimum Gasteiger partial charge on any atom is -0.496 e. The Labute approximate surface area is 126 Å². The highest BCUT2D eigenvalue weighted by molar-refractivity contribution is 6.08. The molecule has 3 rings (SSSR count). The highest BCUT2D eigenvalue weighted by Crippen LogP contribution is 2.26. The van der Waals surface area contributed by atoms with E-state index in [1.54, 1.807) is 12.1 Å². The lowest BCUT2D eigenvalue weighted by Gasteiger charge is -2.27. The van der Waals surface area contributed by atoms with Crippen LogP contribution < -0.4 is 15.2 Å². The number of hydrogen-bond donors (Lipinski definition) is 1. The maximum absolute atomic E-state index is 12.3. The number of benzene rings is 1. The molecule has 0 aliphatic carbocycles. The van der Waals surface area contributed by atoms with E-state index in [1.807, 2.05) is 4.90 Å². The fourth-order valence-corrected chi connectivity index (χ4v) is 2.61. The van der Waals surface area contributed by atoms with E-state index in [9.17, 15) is 9.59 Å². The molecule has 2 heterocycles. The lowest BCUT2D eigenvalue weighted by Crippen LogP contribution is -2.38.